The lowest BCUT2D eigenvalue weighted by Gasteiger charge is -2.34. The maximum absolute atomic E-state index is 6.23. The molecule has 0 amide bonds. The molecule has 0 N–H and O–H groups in total. The van der Waals surface area contributed by atoms with Crippen molar-refractivity contribution in [3.8, 4) is 0 Å². The molecule has 0 atom stereocenters. The standard InChI is InChI=1S/C14H21ClN6/c1-19-6-4-10(5-7-19)20(2)9-12-17-13(15)11-8-16-21(3)14(11)18-12/h8,10H,4-7,9H2,1-3H3. The minimum atomic E-state index is 0.486. The first-order valence-electron chi connectivity index (χ1n) is 7.27. The zero-order valence-corrected chi connectivity index (χ0v) is 13.5. The molecule has 114 valence electrons. The van der Waals surface area contributed by atoms with Crippen LogP contribution in [0.15, 0.2) is 6.20 Å². The van der Waals surface area contributed by atoms with E-state index in [1.54, 1.807) is 10.9 Å². The van der Waals surface area contributed by atoms with Gasteiger partial charge in [0, 0.05) is 13.1 Å². The van der Waals surface area contributed by atoms with Crippen LogP contribution in [0.3, 0.4) is 0 Å². The molecular weight excluding hydrogens is 288 g/mol. The molecule has 3 rings (SSSR count). The van der Waals surface area contributed by atoms with Crippen LogP contribution in [-0.2, 0) is 13.6 Å². The Bertz CT molecular complexity index is 632. The number of hydrogen-bond donors (Lipinski definition) is 0. The number of piperidine rings is 1. The smallest absolute Gasteiger partial charge is 0.162 e. The molecule has 7 heteroatoms. The van der Waals surface area contributed by atoms with Gasteiger partial charge in [-0.15, -0.1) is 0 Å². The van der Waals surface area contributed by atoms with Crippen molar-refractivity contribution in [2.45, 2.75) is 25.4 Å². The van der Waals surface area contributed by atoms with Gasteiger partial charge >= 0.3 is 0 Å². The molecule has 0 spiro atoms. The summed E-state index contributed by atoms with van der Waals surface area (Å²) < 4.78 is 1.74. The second kappa shape index (κ2) is 5.87. The van der Waals surface area contributed by atoms with E-state index in [9.17, 15) is 0 Å². The molecule has 2 aromatic heterocycles. The summed E-state index contributed by atoms with van der Waals surface area (Å²) in [7, 11) is 6.19. The predicted octanol–water partition coefficient (Wildman–Crippen LogP) is 1.54. The fraction of sp³-hybridized carbons (Fsp3) is 0.643. The van der Waals surface area contributed by atoms with Crippen molar-refractivity contribution in [2.24, 2.45) is 7.05 Å². The van der Waals surface area contributed by atoms with Crippen LogP contribution in [0.1, 0.15) is 18.7 Å². The van der Waals surface area contributed by atoms with Crippen LogP contribution in [0.5, 0.6) is 0 Å². The Morgan fingerprint density at radius 3 is 2.71 bits per heavy atom. The molecule has 0 unspecified atom stereocenters. The van der Waals surface area contributed by atoms with Gasteiger partial charge in [0.2, 0.25) is 0 Å². The van der Waals surface area contributed by atoms with Gasteiger partial charge in [-0.2, -0.15) is 5.10 Å². The van der Waals surface area contributed by atoms with E-state index in [1.807, 2.05) is 7.05 Å². The third-order valence-corrected chi connectivity index (χ3v) is 4.58. The number of fused-ring (bicyclic) bond motifs is 1. The van der Waals surface area contributed by atoms with Gasteiger partial charge in [-0.1, -0.05) is 11.6 Å². The Kier molecular flexibility index (Phi) is 4.10. The summed E-state index contributed by atoms with van der Waals surface area (Å²) in [6.07, 6.45) is 4.09. The summed E-state index contributed by atoms with van der Waals surface area (Å²) >= 11 is 6.23. The third-order valence-electron chi connectivity index (χ3n) is 4.29. The van der Waals surface area contributed by atoms with Gasteiger partial charge in [0.25, 0.3) is 0 Å². The van der Waals surface area contributed by atoms with Gasteiger partial charge < -0.3 is 4.90 Å². The van der Waals surface area contributed by atoms with Crippen LogP contribution in [0.2, 0.25) is 5.15 Å². The molecular formula is C14H21ClN6. The van der Waals surface area contributed by atoms with Gasteiger partial charge in [0.1, 0.15) is 11.0 Å². The second-order valence-electron chi connectivity index (χ2n) is 5.89. The zero-order chi connectivity index (χ0) is 15.0. The minimum Gasteiger partial charge on any atom is -0.306 e. The van der Waals surface area contributed by atoms with E-state index in [4.69, 9.17) is 11.6 Å². The molecule has 0 bridgehead atoms. The van der Waals surface area contributed by atoms with E-state index in [1.165, 1.54) is 12.8 Å². The first-order chi connectivity index (χ1) is 10.0. The second-order valence-corrected chi connectivity index (χ2v) is 6.24. The van der Waals surface area contributed by atoms with E-state index in [0.717, 1.165) is 36.5 Å². The topological polar surface area (TPSA) is 50.1 Å². The van der Waals surface area contributed by atoms with Crippen LogP contribution < -0.4 is 0 Å². The van der Waals surface area contributed by atoms with E-state index < -0.39 is 0 Å². The highest BCUT2D eigenvalue weighted by Gasteiger charge is 2.21. The van der Waals surface area contributed by atoms with Crippen molar-refractivity contribution in [1.82, 2.24) is 29.5 Å². The fourth-order valence-electron chi connectivity index (χ4n) is 2.89. The highest BCUT2D eigenvalue weighted by Crippen LogP contribution is 2.21. The number of aromatic nitrogens is 4. The lowest BCUT2D eigenvalue weighted by atomic mass is 10.0. The predicted molar refractivity (Wildman–Crippen MR) is 83.3 cm³/mol. The molecule has 0 aromatic carbocycles. The molecule has 0 saturated carbocycles. The SMILES string of the molecule is CN1CCC(N(C)Cc2nc(Cl)c3cnn(C)c3n2)CC1. The number of aryl methyl sites for hydroxylation is 1. The van der Waals surface area contributed by atoms with Crippen LogP contribution in [0.4, 0.5) is 0 Å². The van der Waals surface area contributed by atoms with Crippen molar-refractivity contribution in [3.63, 3.8) is 0 Å². The van der Waals surface area contributed by atoms with Gasteiger partial charge in [0.15, 0.2) is 5.65 Å². The number of rotatable bonds is 3. The molecule has 2 aromatic rings. The van der Waals surface area contributed by atoms with Crippen LogP contribution in [-0.4, -0.2) is 62.8 Å². The molecule has 1 fully saturated rings. The summed E-state index contributed by atoms with van der Waals surface area (Å²) in [4.78, 5) is 13.7. The maximum Gasteiger partial charge on any atom is 0.162 e. The highest BCUT2D eigenvalue weighted by molar-refractivity contribution is 6.33. The molecule has 3 heterocycles. The third kappa shape index (κ3) is 3.02. The van der Waals surface area contributed by atoms with Gasteiger partial charge in [-0.25, -0.2) is 9.97 Å². The van der Waals surface area contributed by atoms with E-state index >= 15 is 0 Å². The van der Waals surface area contributed by atoms with Gasteiger partial charge in [-0.05, 0) is 40.0 Å². The van der Waals surface area contributed by atoms with E-state index in [0.29, 0.717) is 11.2 Å². The Morgan fingerprint density at radius 2 is 2.00 bits per heavy atom. The van der Waals surface area contributed by atoms with Crippen molar-refractivity contribution >= 4 is 22.6 Å². The zero-order valence-electron chi connectivity index (χ0n) is 12.8. The lowest BCUT2D eigenvalue weighted by Crippen LogP contribution is -2.41. The average Bonchev–Trinajstić information content (AvgIpc) is 2.82. The lowest BCUT2D eigenvalue weighted by molar-refractivity contribution is 0.137. The quantitative estimate of drug-likeness (QED) is 0.805. The monoisotopic (exact) mass is 308 g/mol. The molecule has 1 aliphatic heterocycles. The van der Waals surface area contributed by atoms with Gasteiger partial charge in [0.05, 0.1) is 18.1 Å². The van der Waals surface area contributed by atoms with Crippen LogP contribution in [0, 0.1) is 0 Å². The number of likely N-dealkylation sites (tertiary alicyclic amines) is 1. The Morgan fingerprint density at radius 1 is 1.29 bits per heavy atom. The number of halogens is 1. The molecule has 6 nitrogen and oxygen atoms in total. The summed E-state index contributed by atoms with van der Waals surface area (Å²) in [6.45, 7) is 3.02. The fourth-order valence-corrected chi connectivity index (χ4v) is 3.12. The summed E-state index contributed by atoms with van der Waals surface area (Å²) in [6, 6.07) is 0.589. The Labute approximate surface area is 129 Å². The Hall–Kier alpha value is -1.24. The van der Waals surface area contributed by atoms with Crippen LogP contribution >= 0.6 is 11.6 Å². The average molecular weight is 309 g/mol. The molecule has 21 heavy (non-hydrogen) atoms. The maximum atomic E-state index is 6.23. The first kappa shape index (κ1) is 14.7. The Balaban J connectivity index is 1.76. The summed E-state index contributed by atoms with van der Waals surface area (Å²) in [5.74, 6) is 0.762. The molecule has 1 saturated heterocycles. The van der Waals surface area contributed by atoms with Crippen molar-refractivity contribution < 1.29 is 0 Å². The molecule has 0 aliphatic carbocycles. The highest BCUT2D eigenvalue weighted by atomic mass is 35.5. The molecule has 0 radical (unpaired) electrons. The summed E-state index contributed by atoms with van der Waals surface area (Å²) in [5.41, 5.74) is 0.793. The van der Waals surface area contributed by atoms with Crippen molar-refractivity contribution in [1.29, 1.82) is 0 Å². The summed E-state index contributed by atoms with van der Waals surface area (Å²) in [5, 5.41) is 5.48. The number of hydrogen-bond acceptors (Lipinski definition) is 5. The normalized spacial score (nSPS) is 18.0. The van der Waals surface area contributed by atoms with E-state index in [2.05, 4.69) is 39.0 Å². The van der Waals surface area contributed by atoms with Crippen molar-refractivity contribution in [3.05, 3.63) is 17.2 Å². The molecule has 1 aliphatic rings. The van der Waals surface area contributed by atoms with Crippen LogP contribution in [0.25, 0.3) is 11.0 Å². The van der Waals surface area contributed by atoms with E-state index in [-0.39, 0.29) is 0 Å². The van der Waals surface area contributed by atoms with Crippen molar-refractivity contribution in [2.75, 3.05) is 27.2 Å². The minimum absolute atomic E-state index is 0.486. The van der Waals surface area contributed by atoms with Gasteiger partial charge in [-0.3, -0.25) is 9.58 Å². The first-order valence-corrected chi connectivity index (χ1v) is 7.65. The largest absolute Gasteiger partial charge is 0.306 e. The number of nitrogens with zero attached hydrogens (tertiary/aromatic N) is 6.